The zero-order chi connectivity index (χ0) is 16.9. The Morgan fingerprint density at radius 2 is 2.04 bits per heavy atom. The zero-order valence-corrected chi connectivity index (χ0v) is 13.1. The second-order valence-electron chi connectivity index (χ2n) is 5.73. The smallest absolute Gasteiger partial charge is 0.319 e. The molecule has 1 aromatic heterocycles. The summed E-state index contributed by atoms with van der Waals surface area (Å²) in [7, 11) is 0. The molecule has 24 heavy (non-hydrogen) atoms. The summed E-state index contributed by atoms with van der Waals surface area (Å²) in [5, 5.41) is 5.11. The molecule has 0 spiro atoms. The van der Waals surface area contributed by atoms with Gasteiger partial charge in [0.25, 0.3) is 0 Å². The number of anilines is 1. The van der Waals surface area contributed by atoms with Crippen LogP contribution in [0.2, 0.25) is 0 Å². The number of furan rings is 1. The Morgan fingerprint density at radius 1 is 1.25 bits per heavy atom. The minimum absolute atomic E-state index is 0.0636. The van der Waals surface area contributed by atoms with Gasteiger partial charge in [-0.05, 0) is 50.2 Å². The van der Waals surface area contributed by atoms with Crippen LogP contribution in [0.15, 0.2) is 41.0 Å². The first-order chi connectivity index (χ1) is 11.6. The van der Waals surface area contributed by atoms with Crippen LogP contribution in [0.1, 0.15) is 24.6 Å². The second kappa shape index (κ2) is 7.44. The van der Waals surface area contributed by atoms with Crippen molar-refractivity contribution in [1.29, 1.82) is 0 Å². The van der Waals surface area contributed by atoms with E-state index in [2.05, 4.69) is 15.5 Å². The molecule has 128 valence electrons. The molecule has 3 rings (SSSR count). The van der Waals surface area contributed by atoms with Crippen LogP contribution in [0.5, 0.6) is 0 Å². The summed E-state index contributed by atoms with van der Waals surface area (Å²) in [6.07, 6.45) is 3.83. The van der Waals surface area contributed by atoms with Gasteiger partial charge in [0.15, 0.2) is 0 Å². The number of rotatable bonds is 5. The quantitative estimate of drug-likeness (QED) is 0.879. The van der Waals surface area contributed by atoms with Crippen molar-refractivity contribution in [3.63, 3.8) is 0 Å². The summed E-state index contributed by atoms with van der Waals surface area (Å²) in [6.45, 7) is 2.23. The number of hydrogen-bond donors (Lipinski definition) is 2. The van der Waals surface area contributed by atoms with Gasteiger partial charge in [0.1, 0.15) is 17.4 Å². The number of hydrogen-bond acceptors (Lipinski definition) is 3. The number of amides is 2. The minimum Gasteiger partial charge on any atom is -0.468 e. The summed E-state index contributed by atoms with van der Waals surface area (Å²) in [5.74, 6) is -0.720. The topological polar surface area (TPSA) is 57.5 Å². The molecule has 7 heteroatoms. The average Bonchev–Trinajstić information content (AvgIpc) is 3.24. The van der Waals surface area contributed by atoms with Crippen LogP contribution in [-0.4, -0.2) is 30.6 Å². The molecule has 1 fully saturated rings. The van der Waals surface area contributed by atoms with Crippen LogP contribution in [0.4, 0.5) is 19.3 Å². The Labute approximate surface area is 138 Å². The number of benzene rings is 1. The monoisotopic (exact) mass is 335 g/mol. The summed E-state index contributed by atoms with van der Waals surface area (Å²) in [5.41, 5.74) is -0.0652. The van der Waals surface area contributed by atoms with E-state index in [1.54, 1.807) is 6.26 Å². The highest BCUT2D eigenvalue weighted by molar-refractivity contribution is 5.89. The third-order valence-corrected chi connectivity index (χ3v) is 4.09. The predicted octanol–water partition coefficient (Wildman–Crippen LogP) is 3.52. The van der Waals surface area contributed by atoms with Gasteiger partial charge in [0, 0.05) is 12.6 Å². The normalized spacial score (nSPS) is 16.1. The maximum absolute atomic E-state index is 13.6. The van der Waals surface area contributed by atoms with Crippen molar-refractivity contribution in [2.45, 2.75) is 18.9 Å². The van der Waals surface area contributed by atoms with Gasteiger partial charge >= 0.3 is 6.03 Å². The van der Waals surface area contributed by atoms with E-state index in [0.29, 0.717) is 6.54 Å². The minimum atomic E-state index is -0.813. The molecule has 2 amide bonds. The Hall–Kier alpha value is -2.41. The van der Waals surface area contributed by atoms with E-state index >= 15 is 0 Å². The highest BCUT2D eigenvalue weighted by Gasteiger charge is 2.26. The maximum atomic E-state index is 13.6. The lowest BCUT2D eigenvalue weighted by Gasteiger charge is -2.26. The highest BCUT2D eigenvalue weighted by Crippen LogP contribution is 2.25. The lowest BCUT2D eigenvalue weighted by atomic mass is 10.2. The molecule has 2 aromatic rings. The second-order valence-corrected chi connectivity index (χ2v) is 5.73. The number of urea groups is 1. The van der Waals surface area contributed by atoms with E-state index in [1.165, 1.54) is 6.07 Å². The standard InChI is InChI=1S/C17H19F2N3O2/c18-12-5-6-14(13(19)10-12)21-17(23)20-11-15(16-4-3-9-24-16)22-7-1-2-8-22/h3-6,9-10,15H,1-2,7-8,11H2,(H2,20,21,23). The van der Waals surface area contributed by atoms with E-state index in [4.69, 9.17) is 4.42 Å². The van der Waals surface area contributed by atoms with Gasteiger partial charge in [-0.2, -0.15) is 0 Å². The Kier molecular flexibility index (Phi) is 5.10. The van der Waals surface area contributed by atoms with E-state index in [-0.39, 0.29) is 11.7 Å². The third-order valence-electron chi connectivity index (χ3n) is 4.09. The molecule has 1 saturated heterocycles. The Bertz CT molecular complexity index is 685. The van der Waals surface area contributed by atoms with Crippen molar-refractivity contribution in [1.82, 2.24) is 10.2 Å². The summed E-state index contributed by atoms with van der Waals surface area (Å²) in [4.78, 5) is 14.3. The first-order valence-corrected chi connectivity index (χ1v) is 7.91. The van der Waals surface area contributed by atoms with Crippen LogP contribution >= 0.6 is 0 Å². The Balaban J connectivity index is 1.60. The van der Waals surface area contributed by atoms with Crippen molar-refractivity contribution in [3.8, 4) is 0 Å². The number of nitrogens with zero attached hydrogens (tertiary/aromatic N) is 1. The van der Waals surface area contributed by atoms with Gasteiger partial charge in [-0.15, -0.1) is 0 Å². The molecular formula is C17H19F2N3O2. The lowest BCUT2D eigenvalue weighted by molar-refractivity contribution is 0.206. The van der Waals surface area contributed by atoms with E-state index in [1.807, 2.05) is 12.1 Å². The van der Waals surface area contributed by atoms with Crippen LogP contribution in [0.3, 0.4) is 0 Å². The molecule has 2 heterocycles. The fraction of sp³-hybridized carbons (Fsp3) is 0.353. The lowest BCUT2D eigenvalue weighted by Crippen LogP contribution is -2.38. The van der Waals surface area contributed by atoms with E-state index in [0.717, 1.165) is 43.8 Å². The number of carbonyl (C=O) groups excluding carboxylic acids is 1. The fourth-order valence-electron chi connectivity index (χ4n) is 2.89. The fourth-order valence-corrected chi connectivity index (χ4v) is 2.89. The van der Waals surface area contributed by atoms with Crippen LogP contribution < -0.4 is 10.6 Å². The van der Waals surface area contributed by atoms with Crippen molar-refractivity contribution >= 4 is 11.7 Å². The molecule has 5 nitrogen and oxygen atoms in total. The molecular weight excluding hydrogens is 316 g/mol. The van der Waals surface area contributed by atoms with Crippen molar-refractivity contribution in [3.05, 3.63) is 54.0 Å². The maximum Gasteiger partial charge on any atom is 0.319 e. The molecule has 0 bridgehead atoms. The van der Waals surface area contributed by atoms with Crippen molar-refractivity contribution < 1.29 is 18.0 Å². The molecule has 1 atom stereocenters. The van der Waals surface area contributed by atoms with E-state index in [9.17, 15) is 13.6 Å². The summed E-state index contributed by atoms with van der Waals surface area (Å²) >= 11 is 0. The Morgan fingerprint density at radius 3 is 2.71 bits per heavy atom. The third kappa shape index (κ3) is 3.91. The average molecular weight is 335 g/mol. The van der Waals surface area contributed by atoms with Gasteiger partial charge < -0.3 is 15.1 Å². The summed E-state index contributed by atoms with van der Waals surface area (Å²) in [6, 6.07) is 6.09. The molecule has 0 saturated carbocycles. The summed E-state index contributed by atoms with van der Waals surface area (Å²) < 4.78 is 31.9. The zero-order valence-electron chi connectivity index (χ0n) is 13.1. The number of nitrogens with one attached hydrogen (secondary N) is 2. The molecule has 0 radical (unpaired) electrons. The van der Waals surface area contributed by atoms with Crippen LogP contribution in [-0.2, 0) is 0 Å². The van der Waals surface area contributed by atoms with Crippen LogP contribution in [0.25, 0.3) is 0 Å². The molecule has 1 unspecified atom stereocenters. The number of likely N-dealkylation sites (tertiary alicyclic amines) is 1. The molecule has 1 aliphatic heterocycles. The van der Waals surface area contributed by atoms with E-state index < -0.39 is 17.7 Å². The first kappa shape index (κ1) is 16.4. The van der Waals surface area contributed by atoms with Gasteiger partial charge in [0.2, 0.25) is 0 Å². The van der Waals surface area contributed by atoms with Gasteiger partial charge in [-0.3, -0.25) is 4.90 Å². The SMILES string of the molecule is O=C(NCC(c1ccco1)N1CCCC1)Nc1ccc(F)cc1F. The largest absolute Gasteiger partial charge is 0.468 e. The molecule has 2 N–H and O–H groups in total. The number of halogens is 2. The van der Waals surface area contributed by atoms with Crippen LogP contribution in [0, 0.1) is 11.6 Å². The number of carbonyl (C=O) groups is 1. The first-order valence-electron chi connectivity index (χ1n) is 7.91. The van der Waals surface area contributed by atoms with Crippen molar-refractivity contribution in [2.24, 2.45) is 0 Å². The molecule has 1 aliphatic rings. The molecule has 1 aromatic carbocycles. The predicted molar refractivity (Wildman–Crippen MR) is 85.6 cm³/mol. The van der Waals surface area contributed by atoms with Crippen molar-refractivity contribution in [2.75, 3.05) is 25.0 Å². The van der Waals surface area contributed by atoms with Gasteiger partial charge in [-0.25, -0.2) is 13.6 Å². The van der Waals surface area contributed by atoms with Gasteiger partial charge in [0.05, 0.1) is 18.0 Å². The highest BCUT2D eigenvalue weighted by atomic mass is 19.1. The molecule has 0 aliphatic carbocycles. The van der Waals surface area contributed by atoms with Gasteiger partial charge in [-0.1, -0.05) is 0 Å².